The van der Waals surface area contributed by atoms with Crippen molar-refractivity contribution in [3.63, 3.8) is 0 Å². The van der Waals surface area contributed by atoms with Gasteiger partial charge in [-0.3, -0.25) is 4.79 Å². The van der Waals surface area contributed by atoms with Gasteiger partial charge in [0.25, 0.3) is 0 Å². The van der Waals surface area contributed by atoms with Gasteiger partial charge in [0, 0.05) is 11.7 Å². The first kappa shape index (κ1) is 14.5. The van der Waals surface area contributed by atoms with Gasteiger partial charge < -0.3 is 10.6 Å². The molecule has 1 amide bonds. The van der Waals surface area contributed by atoms with Crippen LogP contribution in [0.25, 0.3) is 0 Å². The first-order valence-corrected chi connectivity index (χ1v) is 7.96. The summed E-state index contributed by atoms with van der Waals surface area (Å²) in [5, 5.41) is 6.38. The predicted octanol–water partition coefficient (Wildman–Crippen LogP) is 3.38. The molecule has 0 aromatic heterocycles. The molecule has 1 aliphatic heterocycles. The third kappa shape index (κ3) is 3.26. The number of carbonyl (C=O) groups excluding carboxylic acids is 1. The summed E-state index contributed by atoms with van der Waals surface area (Å²) in [7, 11) is 0. The normalized spacial score (nSPS) is 28.8. The van der Waals surface area contributed by atoms with E-state index in [9.17, 15) is 9.18 Å². The van der Waals surface area contributed by atoms with Crippen LogP contribution in [0.2, 0.25) is 0 Å². The van der Waals surface area contributed by atoms with E-state index in [1.54, 1.807) is 6.07 Å². The molecule has 1 heterocycles. The van der Waals surface area contributed by atoms with E-state index in [-0.39, 0.29) is 17.8 Å². The molecular formula is C17H23FN2O. The lowest BCUT2D eigenvalue weighted by atomic mass is 9.77. The minimum atomic E-state index is -0.320. The number of aryl methyl sites for hydroxylation is 1. The minimum Gasteiger partial charge on any atom is -0.324 e. The maximum absolute atomic E-state index is 13.3. The summed E-state index contributed by atoms with van der Waals surface area (Å²) >= 11 is 0. The second kappa shape index (κ2) is 6.14. The number of hydrogen-bond acceptors (Lipinski definition) is 2. The molecule has 0 spiro atoms. The molecule has 1 aromatic carbocycles. The topological polar surface area (TPSA) is 41.1 Å². The largest absolute Gasteiger partial charge is 0.324 e. The Bertz CT molecular complexity index is 532. The van der Waals surface area contributed by atoms with E-state index in [4.69, 9.17) is 0 Å². The van der Waals surface area contributed by atoms with E-state index in [0.29, 0.717) is 11.7 Å². The van der Waals surface area contributed by atoms with Crippen LogP contribution in [0.5, 0.6) is 0 Å². The van der Waals surface area contributed by atoms with Crippen molar-refractivity contribution < 1.29 is 9.18 Å². The van der Waals surface area contributed by atoms with E-state index in [2.05, 4.69) is 10.6 Å². The average molecular weight is 290 g/mol. The summed E-state index contributed by atoms with van der Waals surface area (Å²) < 4.78 is 13.3. The molecule has 1 saturated heterocycles. The molecule has 2 fully saturated rings. The Kier molecular flexibility index (Phi) is 4.24. The highest BCUT2D eigenvalue weighted by Crippen LogP contribution is 2.32. The molecule has 4 heteroatoms. The highest BCUT2D eigenvalue weighted by molar-refractivity contribution is 5.95. The number of fused-ring (bicyclic) bond motifs is 1. The van der Waals surface area contributed by atoms with Crippen LogP contribution in [0.15, 0.2) is 18.2 Å². The molecule has 114 valence electrons. The number of hydrogen-bond donors (Lipinski definition) is 2. The third-order valence-corrected chi connectivity index (χ3v) is 4.92. The molecule has 3 unspecified atom stereocenters. The smallest absolute Gasteiger partial charge is 0.241 e. The molecule has 0 bridgehead atoms. The highest BCUT2D eigenvalue weighted by atomic mass is 19.1. The van der Waals surface area contributed by atoms with Crippen LogP contribution in [0.4, 0.5) is 10.1 Å². The van der Waals surface area contributed by atoms with Gasteiger partial charge in [0.05, 0.1) is 6.04 Å². The van der Waals surface area contributed by atoms with Gasteiger partial charge in [-0.05, 0) is 56.2 Å². The number of nitrogens with one attached hydrogen (secondary N) is 2. The SMILES string of the molecule is Cc1ccc(F)cc1NC(=O)C1CCC2CCCCC2N1. The van der Waals surface area contributed by atoms with Gasteiger partial charge >= 0.3 is 0 Å². The summed E-state index contributed by atoms with van der Waals surface area (Å²) in [6.07, 6.45) is 7.04. The monoisotopic (exact) mass is 290 g/mol. The molecule has 2 N–H and O–H groups in total. The van der Waals surface area contributed by atoms with Crippen LogP contribution in [0.3, 0.4) is 0 Å². The molecular weight excluding hydrogens is 267 g/mol. The Labute approximate surface area is 125 Å². The van der Waals surface area contributed by atoms with Crippen molar-refractivity contribution in [2.75, 3.05) is 5.32 Å². The summed E-state index contributed by atoms with van der Waals surface area (Å²) in [4.78, 5) is 12.4. The lowest BCUT2D eigenvalue weighted by Gasteiger charge is -2.39. The maximum Gasteiger partial charge on any atom is 0.241 e. The predicted molar refractivity (Wildman–Crippen MR) is 81.7 cm³/mol. The number of benzene rings is 1. The Balaban J connectivity index is 1.64. The summed E-state index contributed by atoms with van der Waals surface area (Å²) in [6.45, 7) is 1.88. The zero-order chi connectivity index (χ0) is 14.8. The van der Waals surface area contributed by atoms with Crippen LogP contribution in [-0.4, -0.2) is 18.0 Å². The van der Waals surface area contributed by atoms with Crippen molar-refractivity contribution in [1.29, 1.82) is 0 Å². The van der Waals surface area contributed by atoms with E-state index in [1.165, 1.54) is 37.8 Å². The number of rotatable bonds is 2. The number of halogens is 1. The van der Waals surface area contributed by atoms with E-state index in [0.717, 1.165) is 24.3 Å². The van der Waals surface area contributed by atoms with Gasteiger partial charge in [0.15, 0.2) is 0 Å². The van der Waals surface area contributed by atoms with Gasteiger partial charge in [0.2, 0.25) is 5.91 Å². The molecule has 1 aliphatic carbocycles. The zero-order valence-electron chi connectivity index (χ0n) is 12.5. The zero-order valence-corrected chi connectivity index (χ0v) is 12.5. The lowest BCUT2D eigenvalue weighted by Crippen LogP contribution is -2.53. The second-order valence-corrected chi connectivity index (χ2v) is 6.40. The van der Waals surface area contributed by atoms with Gasteiger partial charge in [-0.2, -0.15) is 0 Å². The Morgan fingerprint density at radius 3 is 2.90 bits per heavy atom. The fourth-order valence-electron chi connectivity index (χ4n) is 3.65. The quantitative estimate of drug-likeness (QED) is 0.876. The molecule has 3 nitrogen and oxygen atoms in total. The maximum atomic E-state index is 13.3. The van der Waals surface area contributed by atoms with Crippen LogP contribution in [0.1, 0.15) is 44.1 Å². The van der Waals surface area contributed by atoms with Crippen molar-refractivity contribution in [1.82, 2.24) is 5.32 Å². The van der Waals surface area contributed by atoms with Gasteiger partial charge in [0.1, 0.15) is 5.82 Å². The number of anilines is 1. The molecule has 3 atom stereocenters. The van der Waals surface area contributed by atoms with E-state index < -0.39 is 0 Å². The van der Waals surface area contributed by atoms with E-state index in [1.807, 2.05) is 6.92 Å². The second-order valence-electron chi connectivity index (χ2n) is 6.40. The number of amides is 1. The van der Waals surface area contributed by atoms with Crippen molar-refractivity contribution in [2.45, 2.75) is 57.5 Å². The summed E-state index contributed by atoms with van der Waals surface area (Å²) in [5.74, 6) is 0.381. The first-order chi connectivity index (χ1) is 10.1. The number of carbonyl (C=O) groups is 1. The Hall–Kier alpha value is -1.42. The molecule has 1 aromatic rings. The standard InChI is InChI=1S/C17H23FN2O/c1-11-6-8-13(18)10-16(11)20-17(21)15-9-7-12-4-2-3-5-14(12)19-15/h6,8,10,12,14-15,19H,2-5,7,9H2,1H3,(H,20,21). The van der Waals surface area contributed by atoms with Crippen LogP contribution in [0, 0.1) is 18.7 Å². The van der Waals surface area contributed by atoms with Gasteiger partial charge in [-0.1, -0.05) is 18.9 Å². The molecule has 1 saturated carbocycles. The number of piperidine rings is 1. The fourth-order valence-corrected chi connectivity index (χ4v) is 3.65. The van der Waals surface area contributed by atoms with Gasteiger partial charge in [-0.15, -0.1) is 0 Å². The summed E-state index contributed by atoms with van der Waals surface area (Å²) in [5.41, 5.74) is 1.46. The third-order valence-electron chi connectivity index (χ3n) is 4.92. The fraction of sp³-hybridized carbons (Fsp3) is 0.588. The van der Waals surface area contributed by atoms with E-state index >= 15 is 0 Å². The van der Waals surface area contributed by atoms with Crippen molar-refractivity contribution >= 4 is 11.6 Å². The van der Waals surface area contributed by atoms with Crippen molar-refractivity contribution in [2.24, 2.45) is 5.92 Å². The minimum absolute atomic E-state index is 0.0345. The molecule has 21 heavy (non-hydrogen) atoms. The highest BCUT2D eigenvalue weighted by Gasteiger charge is 2.34. The van der Waals surface area contributed by atoms with Crippen LogP contribution >= 0.6 is 0 Å². The Morgan fingerprint density at radius 1 is 1.24 bits per heavy atom. The van der Waals surface area contributed by atoms with Crippen molar-refractivity contribution in [3.05, 3.63) is 29.6 Å². The molecule has 3 rings (SSSR count). The average Bonchev–Trinajstić information content (AvgIpc) is 2.50. The van der Waals surface area contributed by atoms with Crippen LogP contribution < -0.4 is 10.6 Å². The molecule has 0 radical (unpaired) electrons. The summed E-state index contributed by atoms with van der Waals surface area (Å²) in [6, 6.07) is 4.83. The lowest BCUT2D eigenvalue weighted by molar-refractivity contribution is -0.119. The Morgan fingerprint density at radius 2 is 2.05 bits per heavy atom. The van der Waals surface area contributed by atoms with Crippen molar-refractivity contribution in [3.8, 4) is 0 Å². The van der Waals surface area contributed by atoms with Gasteiger partial charge in [-0.25, -0.2) is 4.39 Å². The van der Waals surface area contributed by atoms with Crippen LogP contribution in [-0.2, 0) is 4.79 Å². The molecule has 2 aliphatic rings. The first-order valence-electron chi connectivity index (χ1n) is 7.96.